The normalized spacial score (nSPS) is 20.2. The van der Waals surface area contributed by atoms with E-state index in [4.69, 9.17) is 10.5 Å². The second-order valence-corrected chi connectivity index (χ2v) is 5.61. The minimum Gasteiger partial charge on any atom is -0.373 e. The van der Waals surface area contributed by atoms with E-state index in [1.807, 2.05) is 20.0 Å². The Hall–Kier alpha value is -1.00. The van der Waals surface area contributed by atoms with Crippen LogP contribution in [0.3, 0.4) is 0 Å². The molecule has 4 nitrogen and oxygen atoms in total. The fraction of sp³-hybridized carbons (Fsp3) is 0.733. The van der Waals surface area contributed by atoms with Crippen LogP contribution >= 0.6 is 0 Å². The van der Waals surface area contributed by atoms with E-state index in [9.17, 15) is 0 Å². The predicted molar refractivity (Wildman–Crippen MR) is 75.7 cm³/mol. The average molecular weight is 263 g/mol. The second kappa shape index (κ2) is 6.44. The van der Waals surface area contributed by atoms with Gasteiger partial charge in [0.25, 0.3) is 0 Å². The van der Waals surface area contributed by atoms with Gasteiger partial charge in [-0.25, -0.2) is 9.97 Å². The van der Waals surface area contributed by atoms with E-state index in [0.29, 0.717) is 5.92 Å². The number of hydrogen-bond donors (Lipinski definition) is 1. The largest absolute Gasteiger partial charge is 0.373 e. The summed E-state index contributed by atoms with van der Waals surface area (Å²) >= 11 is 0. The highest BCUT2D eigenvalue weighted by molar-refractivity contribution is 5.20. The maximum atomic E-state index is 5.90. The van der Waals surface area contributed by atoms with E-state index in [1.165, 1.54) is 32.1 Å². The van der Waals surface area contributed by atoms with Crippen LogP contribution in [0.2, 0.25) is 0 Å². The Morgan fingerprint density at radius 1 is 1.32 bits per heavy atom. The summed E-state index contributed by atoms with van der Waals surface area (Å²) < 4.78 is 5.67. The Morgan fingerprint density at radius 2 is 2.00 bits per heavy atom. The fourth-order valence-corrected chi connectivity index (χ4v) is 3.02. The lowest BCUT2D eigenvalue weighted by Crippen LogP contribution is -2.21. The fourth-order valence-electron chi connectivity index (χ4n) is 3.02. The Labute approximate surface area is 115 Å². The molecule has 4 heteroatoms. The lowest BCUT2D eigenvalue weighted by Gasteiger charge is -2.28. The molecule has 1 unspecified atom stereocenters. The third kappa shape index (κ3) is 3.31. The lowest BCUT2D eigenvalue weighted by atomic mass is 9.85. The van der Waals surface area contributed by atoms with Gasteiger partial charge in [-0.15, -0.1) is 0 Å². The standard InChI is InChI=1S/C15H25N3O/c1-10(16)13-9-17-15(18-11(13)2)14(19-3)12-7-5-4-6-8-12/h9-10,12,14H,4-8,16H2,1-3H3/t10-,14?/m1/s1. The molecule has 0 spiro atoms. The van der Waals surface area contributed by atoms with E-state index in [1.54, 1.807) is 7.11 Å². The van der Waals surface area contributed by atoms with E-state index >= 15 is 0 Å². The molecule has 0 bridgehead atoms. The van der Waals surface area contributed by atoms with Gasteiger partial charge in [0.2, 0.25) is 0 Å². The van der Waals surface area contributed by atoms with Crippen molar-refractivity contribution in [2.24, 2.45) is 11.7 Å². The van der Waals surface area contributed by atoms with Gasteiger partial charge < -0.3 is 10.5 Å². The van der Waals surface area contributed by atoms with Crippen LogP contribution in [0.25, 0.3) is 0 Å². The Balaban J connectivity index is 2.20. The molecule has 0 radical (unpaired) electrons. The van der Waals surface area contributed by atoms with Crippen molar-refractivity contribution in [2.75, 3.05) is 7.11 Å². The summed E-state index contributed by atoms with van der Waals surface area (Å²) in [6.45, 7) is 3.96. The molecule has 2 rings (SSSR count). The Morgan fingerprint density at radius 3 is 2.53 bits per heavy atom. The van der Waals surface area contributed by atoms with Crippen LogP contribution in [0.15, 0.2) is 6.20 Å². The summed E-state index contributed by atoms with van der Waals surface area (Å²) in [6, 6.07) is -0.0234. The molecule has 0 saturated heterocycles. The van der Waals surface area contributed by atoms with Crippen molar-refractivity contribution < 1.29 is 4.74 Å². The first-order chi connectivity index (χ1) is 9.13. The first-order valence-electron chi connectivity index (χ1n) is 7.25. The van der Waals surface area contributed by atoms with Crippen molar-refractivity contribution in [3.8, 4) is 0 Å². The van der Waals surface area contributed by atoms with Crippen LogP contribution in [0.5, 0.6) is 0 Å². The Bertz CT molecular complexity index is 414. The topological polar surface area (TPSA) is 61.0 Å². The van der Waals surface area contributed by atoms with Crippen LogP contribution in [0, 0.1) is 12.8 Å². The number of ether oxygens (including phenoxy) is 1. The van der Waals surface area contributed by atoms with Gasteiger partial charge in [0.05, 0.1) is 0 Å². The highest BCUT2D eigenvalue weighted by Gasteiger charge is 2.27. The van der Waals surface area contributed by atoms with Crippen molar-refractivity contribution in [1.82, 2.24) is 9.97 Å². The van der Waals surface area contributed by atoms with E-state index in [2.05, 4.69) is 9.97 Å². The summed E-state index contributed by atoms with van der Waals surface area (Å²) in [4.78, 5) is 9.12. The molecule has 1 fully saturated rings. The van der Waals surface area contributed by atoms with Gasteiger partial charge in [-0.3, -0.25) is 0 Å². The molecule has 2 atom stereocenters. The number of aryl methyl sites for hydroxylation is 1. The summed E-state index contributed by atoms with van der Waals surface area (Å²) in [6.07, 6.45) is 8.25. The number of nitrogens with zero attached hydrogens (tertiary/aromatic N) is 2. The van der Waals surface area contributed by atoms with E-state index in [-0.39, 0.29) is 12.1 Å². The maximum absolute atomic E-state index is 5.90. The molecule has 1 heterocycles. The smallest absolute Gasteiger partial charge is 0.157 e. The molecule has 0 amide bonds. The van der Waals surface area contributed by atoms with Crippen LogP contribution in [0.1, 0.15) is 68.3 Å². The molecule has 1 aromatic rings. The summed E-state index contributed by atoms with van der Waals surface area (Å²) in [5.41, 5.74) is 7.89. The van der Waals surface area contributed by atoms with Gasteiger partial charge in [-0.05, 0) is 32.6 Å². The molecule has 1 aliphatic rings. The van der Waals surface area contributed by atoms with Gasteiger partial charge in [0.15, 0.2) is 5.82 Å². The monoisotopic (exact) mass is 263 g/mol. The molecule has 1 aliphatic carbocycles. The molecule has 1 saturated carbocycles. The zero-order chi connectivity index (χ0) is 13.8. The summed E-state index contributed by atoms with van der Waals surface area (Å²) in [5, 5.41) is 0. The van der Waals surface area contributed by atoms with E-state index < -0.39 is 0 Å². The SMILES string of the molecule is COC(c1ncc([C@@H](C)N)c(C)n1)C1CCCCC1. The molecule has 106 valence electrons. The molecule has 2 N–H and O–H groups in total. The average Bonchev–Trinajstić information content (AvgIpc) is 2.40. The zero-order valence-corrected chi connectivity index (χ0v) is 12.2. The summed E-state index contributed by atoms with van der Waals surface area (Å²) in [7, 11) is 1.76. The third-order valence-corrected chi connectivity index (χ3v) is 4.11. The first-order valence-corrected chi connectivity index (χ1v) is 7.25. The second-order valence-electron chi connectivity index (χ2n) is 5.61. The molecule has 19 heavy (non-hydrogen) atoms. The van der Waals surface area contributed by atoms with Gasteiger partial charge in [-0.2, -0.15) is 0 Å². The third-order valence-electron chi connectivity index (χ3n) is 4.11. The molecule has 0 aliphatic heterocycles. The first kappa shape index (κ1) is 14.4. The molecular formula is C15H25N3O. The quantitative estimate of drug-likeness (QED) is 0.907. The van der Waals surface area contributed by atoms with Crippen molar-refractivity contribution in [2.45, 2.75) is 58.1 Å². The number of methoxy groups -OCH3 is 1. The van der Waals surface area contributed by atoms with Crippen LogP contribution < -0.4 is 5.73 Å². The Kier molecular flexibility index (Phi) is 4.88. The zero-order valence-electron chi connectivity index (χ0n) is 12.2. The highest BCUT2D eigenvalue weighted by atomic mass is 16.5. The summed E-state index contributed by atoms with van der Waals surface area (Å²) in [5.74, 6) is 1.37. The highest BCUT2D eigenvalue weighted by Crippen LogP contribution is 2.35. The van der Waals surface area contributed by atoms with Gasteiger partial charge in [0.1, 0.15) is 6.10 Å². The van der Waals surface area contributed by atoms with E-state index in [0.717, 1.165) is 17.1 Å². The van der Waals surface area contributed by atoms with Crippen molar-refractivity contribution in [1.29, 1.82) is 0 Å². The number of rotatable bonds is 4. The number of hydrogen-bond acceptors (Lipinski definition) is 4. The number of nitrogens with two attached hydrogens (primary N) is 1. The van der Waals surface area contributed by atoms with Crippen LogP contribution in [0.4, 0.5) is 0 Å². The minimum absolute atomic E-state index is 0.0234. The van der Waals surface area contributed by atoms with Gasteiger partial charge in [0, 0.05) is 30.6 Å². The van der Waals surface area contributed by atoms with Crippen molar-refractivity contribution in [3.63, 3.8) is 0 Å². The molecular weight excluding hydrogens is 238 g/mol. The van der Waals surface area contributed by atoms with Crippen LogP contribution in [-0.4, -0.2) is 17.1 Å². The van der Waals surface area contributed by atoms with Crippen LogP contribution in [-0.2, 0) is 4.74 Å². The van der Waals surface area contributed by atoms with Crippen molar-refractivity contribution in [3.05, 3.63) is 23.3 Å². The van der Waals surface area contributed by atoms with Gasteiger partial charge >= 0.3 is 0 Å². The minimum atomic E-state index is -0.0234. The van der Waals surface area contributed by atoms with Crippen molar-refractivity contribution >= 4 is 0 Å². The number of aromatic nitrogens is 2. The molecule has 0 aromatic carbocycles. The van der Waals surface area contributed by atoms with Gasteiger partial charge in [-0.1, -0.05) is 19.3 Å². The lowest BCUT2D eigenvalue weighted by molar-refractivity contribution is 0.0287. The maximum Gasteiger partial charge on any atom is 0.157 e. The predicted octanol–water partition coefficient (Wildman–Crippen LogP) is 3.07. The molecule has 1 aromatic heterocycles.